The monoisotopic (exact) mass is 340 g/mol. The van der Waals surface area contributed by atoms with Crippen LogP contribution in [-0.2, 0) is 4.74 Å². The topological polar surface area (TPSA) is 90.8 Å². The number of aromatic amines is 1. The zero-order valence-corrected chi connectivity index (χ0v) is 14.5. The second-order valence-corrected chi connectivity index (χ2v) is 6.58. The van der Waals surface area contributed by atoms with Gasteiger partial charge in [-0.25, -0.2) is 9.78 Å². The molecule has 1 fully saturated rings. The second-order valence-electron chi connectivity index (χ2n) is 6.58. The lowest BCUT2D eigenvalue weighted by atomic mass is 9.83. The molecule has 2 heterocycles. The Hall–Kier alpha value is -2.55. The van der Waals surface area contributed by atoms with Crippen molar-refractivity contribution in [2.24, 2.45) is 5.92 Å². The van der Waals surface area contributed by atoms with Gasteiger partial charge in [0.1, 0.15) is 11.2 Å². The Kier molecular flexibility index (Phi) is 5.54. The third-order valence-corrected chi connectivity index (χ3v) is 4.88. The highest BCUT2D eigenvalue weighted by atomic mass is 16.5. The Morgan fingerprint density at radius 2 is 2.40 bits per heavy atom. The largest absolute Gasteiger partial charge is 0.462 e. The van der Waals surface area contributed by atoms with Crippen LogP contribution in [0.25, 0.3) is 11.0 Å². The molecule has 6 heteroatoms. The third-order valence-electron chi connectivity index (χ3n) is 4.88. The van der Waals surface area contributed by atoms with E-state index in [0.717, 1.165) is 42.4 Å². The molecule has 25 heavy (non-hydrogen) atoms. The average molecular weight is 340 g/mol. The van der Waals surface area contributed by atoms with Crippen molar-refractivity contribution in [3.8, 4) is 6.07 Å². The minimum Gasteiger partial charge on any atom is -0.462 e. The molecule has 3 rings (SSSR count). The van der Waals surface area contributed by atoms with Crippen molar-refractivity contribution in [1.29, 1.82) is 5.26 Å². The van der Waals surface area contributed by atoms with E-state index in [0.29, 0.717) is 30.6 Å². The van der Waals surface area contributed by atoms with Gasteiger partial charge in [-0.05, 0) is 38.2 Å². The summed E-state index contributed by atoms with van der Waals surface area (Å²) in [4.78, 5) is 19.7. The van der Waals surface area contributed by atoms with Crippen LogP contribution in [0.2, 0.25) is 0 Å². The number of hydrogen-bond acceptors (Lipinski definition) is 5. The van der Waals surface area contributed by atoms with Crippen molar-refractivity contribution in [3.05, 3.63) is 24.0 Å². The number of pyridine rings is 1. The molecule has 132 valence electrons. The fourth-order valence-electron chi connectivity index (χ4n) is 3.68. The van der Waals surface area contributed by atoms with Gasteiger partial charge < -0.3 is 15.0 Å². The molecule has 0 amide bonds. The van der Waals surface area contributed by atoms with Gasteiger partial charge in [0.05, 0.1) is 18.4 Å². The van der Waals surface area contributed by atoms with E-state index in [1.54, 1.807) is 13.1 Å². The number of rotatable bonds is 6. The first-order valence-electron chi connectivity index (χ1n) is 8.99. The summed E-state index contributed by atoms with van der Waals surface area (Å²) in [7, 11) is 0. The molecule has 2 atom stereocenters. The summed E-state index contributed by atoms with van der Waals surface area (Å²) in [5, 5.41) is 13.3. The van der Waals surface area contributed by atoms with E-state index in [9.17, 15) is 4.79 Å². The number of carbonyl (C=O) groups excluding carboxylic acids is 1. The number of hydrogen-bond donors (Lipinski definition) is 2. The molecule has 1 aliphatic rings. The smallest absolute Gasteiger partial charge is 0.341 e. The number of nitrogens with zero attached hydrogens (tertiary/aromatic N) is 2. The highest BCUT2D eigenvalue weighted by molar-refractivity contribution is 6.04. The van der Waals surface area contributed by atoms with Gasteiger partial charge in [-0.3, -0.25) is 0 Å². The predicted molar refractivity (Wildman–Crippen MR) is 96.3 cm³/mol. The van der Waals surface area contributed by atoms with Gasteiger partial charge in [0.2, 0.25) is 0 Å². The first-order valence-corrected chi connectivity index (χ1v) is 8.99. The summed E-state index contributed by atoms with van der Waals surface area (Å²) < 4.78 is 5.19. The molecule has 2 aromatic rings. The standard InChI is InChI=1S/C19H24N4O2/c1-2-25-19(24)16-12-22-18-15(8-10-21-18)17(16)23-14-7-3-5-13(11-14)6-4-9-20/h8,10,12-14H,2-7,11H2,1H3,(H2,21,22,23)/t13-,14-/m0/s1. The Morgan fingerprint density at radius 3 is 3.20 bits per heavy atom. The maximum absolute atomic E-state index is 12.3. The second kappa shape index (κ2) is 8.02. The maximum Gasteiger partial charge on any atom is 0.341 e. The van der Waals surface area contributed by atoms with Crippen molar-refractivity contribution in [3.63, 3.8) is 0 Å². The van der Waals surface area contributed by atoms with Gasteiger partial charge in [0.15, 0.2) is 0 Å². The molecule has 6 nitrogen and oxygen atoms in total. The van der Waals surface area contributed by atoms with E-state index in [1.165, 1.54) is 6.42 Å². The Morgan fingerprint density at radius 1 is 1.52 bits per heavy atom. The number of anilines is 1. The predicted octanol–water partition coefficient (Wildman–Crippen LogP) is 4.01. The minimum atomic E-state index is -0.350. The van der Waals surface area contributed by atoms with E-state index in [2.05, 4.69) is 21.4 Å². The first kappa shape index (κ1) is 17.3. The van der Waals surface area contributed by atoms with E-state index >= 15 is 0 Å². The first-order chi connectivity index (χ1) is 12.2. The van der Waals surface area contributed by atoms with Gasteiger partial charge in [-0.15, -0.1) is 0 Å². The number of nitriles is 1. The zero-order chi connectivity index (χ0) is 17.6. The molecule has 0 bridgehead atoms. The Labute approximate surface area is 147 Å². The minimum absolute atomic E-state index is 0.297. The summed E-state index contributed by atoms with van der Waals surface area (Å²) in [5.74, 6) is 0.220. The lowest BCUT2D eigenvalue weighted by Gasteiger charge is -2.30. The lowest BCUT2D eigenvalue weighted by Crippen LogP contribution is -2.28. The van der Waals surface area contributed by atoms with Crippen LogP contribution in [0.15, 0.2) is 18.5 Å². The molecule has 0 unspecified atom stereocenters. The Bertz CT molecular complexity index is 777. The van der Waals surface area contributed by atoms with Gasteiger partial charge in [0, 0.05) is 30.2 Å². The molecule has 1 saturated carbocycles. The third kappa shape index (κ3) is 3.93. The number of ether oxygens (including phenoxy) is 1. The Balaban J connectivity index is 1.84. The van der Waals surface area contributed by atoms with E-state index in [4.69, 9.17) is 10.00 Å². The van der Waals surface area contributed by atoms with Gasteiger partial charge >= 0.3 is 5.97 Å². The fraction of sp³-hybridized carbons (Fsp3) is 0.526. The van der Waals surface area contributed by atoms with Crippen LogP contribution in [0, 0.1) is 17.2 Å². The summed E-state index contributed by atoms with van der Waals surface area (Å²) in [6.07, 6.45) is 9.39. The van der Waals surface area contributed by atoms with E-state index < -0.39 is 0 Å². The number of aromatic nitrogens is 2. The number of carbonyl (C=O) groups is 1. The SMILES string of the molecule is CCOC(=O)c1cnc2[nH]ccc2c1N[C@H]1CCC[C@@H](CCC#N)C1. The fourth-order valence-corrected chi connectivity index (χ4v) is 3.68. The van der Waals surface area contributed by atoms with Crippen molar-refractivity contribution in [2.75, 3.05) is 11.9 Å². The van der Waals surface area contributed by atoms with Crippen molar-refractivity contribution >= 4 is 22.7 Å². The number of esters is 1. The van der Waals surface area contributed by atoms with Crippen molar-refractivity contribution in [1.82, 2.24) is 9.97 Å². The summed E-state index contributed by atoms with van der Waals surface area (Å²) in [6, 6.07) is 4.48. The van der Waals surface area contributed by atoms with Crippen LogP contribution in [0.3, 0.4) is 0 Å². The van der Waals surface area contributed by atoms with Crippen LogP contribution in [0.4, 0.5) is 5.69 Å². The quantitative estimate of drug-likeness (QED) is 0.775. The number of fused-ring (bicyclic) bond motifs is 1. The molecule has 1 aliphatic carbocycles. The highest BCUT2D eigenvalue weighted by Gasteiger charge is 2.25. The van der Waals surface area contributed by atoms with Crippen LogP contribution in [0.1, 0.15) is 55.8 Å². The number of nitrogens with one attached hydrogen (secondary N) is 2. The van der Waals surface area contributed by atoms with Gasteiger partial charge in [-0.1, -0.05) is 12.8 Å². The van der Waals surface area contributed by atoms with Crippen LogP contribution in [-0.4, -0.2) is 28.6 Å². The lowest BCUT2D eigenvalue weighted by molar-refractivity contribution is 0.0527. The molecule has 0 spiro atoms. The van der Waals surface area contributed by atoms with Crippen molar-refractivity contribution < 1.29 is 9.53 Å². The average Bonchev–Trinajstić information content (AvgIpc) is 3.10. The van der Waals surface area contributed by atoms with Crippen LogP contribution >= 0.6 is 0 Å². The number of H-pyrrole nitrogens is 1. The molecule has 0 saturated heterocycles. The molecular formula is C19H24N4O2. The summed E-state index contributed by atoms with van der Waals surface area (Å²) in [5.41, 5.74) is 2.04. The molecule has 0 radical (unpaired) electrons. The van der Waals surface area contributed by atoms with E-state index in [-0.39, 0.29) is 5.97 Å². The van der Waals surface area contributed by atoms with Crippen LogP contribution in [0.5, 0.6) is 0 Å². The van der Waals surface area contributed by atoms with Gasteiger partial charge in [0.25, 0.3) is 0 Å². The van der Waals surface area contributed by atoms with Gasteiger partial charge in [-0.2, -0.15) is 5.26 Å². The molecule has 0 aliphatic heterocycles. The summed E-state index contributed by atoms with van der Waals surface area (Å²) in [6.45, 7) is 2.14. The van der Waals surface area contributed by atoms with E-state index in [1.807, 2.05) is 12.3 Å². The molecular weight excluding hydrogens is 316 g/mol. The van der Waals surface area contributed by atoms with Crippen molar-refractivity contribution in [2.45, 2.75) is 51.5 Å². The normalized spacial score (nSPS) is 20.2. The highest BCUT2D eigenvalue weighted by Crippen LogP contribution is 2.33. The maximum atomic E-state index is 12.3. The zero-order valence-electron chi connectivity index (χ0n) is 14.5. The van der Waals surface area contributed by atoms with Crippen LogP contribution < -0.4 is 5.32 Å². The molecule has 2 aromatic heterocycles. The molecule has 0 aromatic carbocycles. The molecule has 2 N–H and O–H groups in total. The summed E-state index contributed by atoms with van der Waals surface area (Å²) >= 11 is 0.